The summed E-state index contributed by atoms with van der Waals surface area (Å²) in [5.74, 6) is -0.0579. The van der Waals surface area contributed by atoms with Crippen molar-refractivity contribution in [2.45, 2.75) is 32.1 Å². The van der Waals surface area contributed by atoms with E-state index in [0.717, 1.165) is 5.56 Å². The van der Waals surface area contributed by atoms with Crippen molar-refractivity contribution < 1.29 is 14.5 Å². The first-order valence-corrected chi connectivity index (χ1v) is 11.9. The molecule has 12 heteroatoms. The smallest absolute Gasteiger partial charge is 0.271 e. The van der Waals surface area contributed by atoms with Crippen molar-refractivity contribution >= 4 is 52.6 Å². The first-order valence-electron chi connectivity index (χ1n) is 10.6. The number of benzene rings is 2. The Bertz CT molecular complexity index is 1280. The summed E-state index contributed by atoms with van der Waals surface area (Å²) < 4.78 is 1.80. The van der Waals surface area contributed by atoms with Crippen molar-refractivity contribution in [1.29, 1.82) is 0 Å². The fraction of sp³-hybridized carbons (Fsp3) is 0.217. The van der Waals surface area contributed by atoms with Gasteiger partial charge in [0.25, 0.3) is 5.69 Å². The second-order valence-corrected chi connectivity index (χ2v) is 8.66. The summed E-state index contributed by atoms with van der Waals surface area (Å²) in [5, 5.41) is 25.8. The van der Waals surface area contributed by atoms with Gasteiger partial charge in [0, 0.05) is 29.8 Å². The van der Waals surface area contributed by atoms with Crippen molar-refractivity contribution in [3.63, 3.8) is 0 Å². The molecule has 35 heavy (non-hydrogen) atoms. The summed E-state index contributed by atoms with van der Waals surface area (Å²) in [4.78, 5) is 35.1. The molecule has 0 spiro atoms. The maximum atomic E-state index is 12.4. The molecule has 3 rings (SSSR count). The van der Waals surface area contributed by atoms with Crippen LogP contribution in [0.5, 0.6) is 0 Å². The molecule has 0 radical (unpaired) electrons. The molecule has 1 aromatic heterocycles. The second-order valence-electron chi connectivity index (χ2n) is 7.31. The third-order valence-electron chi connectivity index (χ3n) is 4.89. The Morgan fingerprint density at radius 2 is 2.00 bits per heavy atom. The molecule has 3 aromatic rings. The molecule has 10 nitrogen and oxygen atoms in total. The van der Waals surface area contributed by atoms with Crippen LogP contribution < -0.4 is 10.6 Å². The van der Waals surface area contributed by atoms with Gasteiger partial charge in [-0.1, -0.05) is 47.6 Å². The summed E-state index contributed by atoms with van der Waals surface area (Å²) in [7, 11) is 0. The lowest BCUT2D eigenvalue weighted by Crippen LogP contribution is -2.22. The minimum absolute atomic E-state index is 0.0349. The lowest BCUT2D eigenvalue weighted by atomic mass is 10.2. The van der Waals surface area contributed by atoms with E-state index in [1.54, 1.807) is 35.8 Å². The monoisotopic (exact) mass is 514 g/mol. The Labute approximate surface area is 210 Å². The number of amides is 2. The van der Waals surface area contributed by atoms with Crippen molar-refractivity contribution in [3.8, 4) is 0 Å². The van der Waals surface area contributed by atoms with Gasteiger partial charge in [0.05, 0.1) is 22.9 Å². The highest BCUT2D eigenvalue weighted by atomic mass is 35.5. The van der Waals surface area contributed by atoms with E-state index in [2.05, 4.69) is 20.8 Å². The summed E-state index contributed by atoms with van der Waals surface area (Å²) in [6.07, 6.45) is 3.02. The fourth-order valence-electron chi connectivity index (χ4n) is 3.05. The molecule has 2 N–H and O–H groups in total. The van der Waals surface area contributed by atoms with Crippen LogP contribution in [0.25, 0.3) is 6.08 Å². The Hall–Kier alpha value is -3.70. The number of nitrogens with one attached hydrogen (secondary N) is 2. The van der Waals surface area contributed by atoms with Gasteiger partial charge in [0.1, 0.15) is 0 Å². The van der Waals surface area contributed by atoms with Crippen molar-refractivity contribution in [1.82, 2.24) is 20.1 Å². The number of rotatable bonds is 10. The van der Waals surface area contributed by atoms with Crippen LogP contribution in [-0.2, 0) is 22.7 Å². The predicted octanol–water partition coefficient (Wildman–Crippen LogP) is 4.23. The van der Waals surface area contributed by atoms with Crippen LogP contribution in [-0.4, -0.2) is 37.3 Å². The Kier molecular flexibility index (Phi) is 8.98. The molecule has 0 bridgehead atoms. The summed E-state index contributed by atoms with van der Waals surface area (Å²) >= 11 is 7.27. The minimum atomic E-state index is -0.513. The molecule has 0 atom stereocenters. The molecule has 0 fully saturated rings. The van der Waals surface area contributed by atoms with E-state index in [1.807, 2.05) is 19.1 Å². The third-order valence-corrected chi connectivity index (χ3v) is 6.20. The zero-order valence-corrected chi connectivity index (χ0v) is 20.6. The molecule has 0 saturated heterocycles. The van der Waals surface area contributed by atoms with Crippen LogP contribution in [0.2, 0.25) is 5.02 Å². The Morgan fingerprint density at radius 1 is 1.23 bits per heavy atom. The molecule has 182 valence electrons. The Balaban J connectivity index is 1.56. The molecule has 0 aliphatic heterocycles. The van der Waals surface area contributed by atoms with Crippen LogP contribution >= 0.6 is 23.4 Å². The number of carbonyl (C=O) groups excluding carboxylic acids is 2. The Morgan fingerprint density at radius 3 is 2.71 bits per heavy atom. The van der Waals surface area contributed by atoms with E-state index in [0.29, 0.717) is 33.8 Å². The molecule has 0 unspecified atom stereocenters. The fourth-order valence-corrected chi connectivity index (χ4v) is 4.07. The van der Waals surface area contributed by atoms with E-state index in [9.17, 15) is 19.7 Å². The average Bonchev–Trinajstić information content (AvgIpc) is 3.24. The number of non-ortho nitro benzene ring substituents is 1. The average molecular weight is 515 g/mol. The molecule has 0 aliphatic rings. The number of nitro benzene ring substituents is 1. The van der Waals surface area contributed by atoms with Crippen molar-refractivity contribution in [2.75, 3.05) is 11.1 Å². The van der Waals surface area contributed by atoms with Gasteiger partial charge in [0.2, 0.25) is 11.8 Å². The number of aryl methyl sites for hydroxylation is 1. The molecular formula is C23H23ClN6O4S. The molecular weight excluding hydrogens is 492 g/mol. The number of thioether (sulfide) groups is 1. The largest absolute Gasteiger partial charge is 0.345 e. The number of nitrogens with zero attached hydrogens (tertiary/aromatic N) is 4. The van der Waals surface area contributed by atoms with Crippen LogP contribution in [0, 0.1) is 17.0 Å². The van der Waals surface area contributed by atoms with Crippen molar-refractivity contribution in [3.05, 3.63) is 80.6 Å². The van der Waals surface area contributed by atoms with Gasteiger partial charge in [-0.25, -0.2) is 0 Å². The maximum absolute atomic E-state index is 12.4. The topological polar surface area (TPSA) is 132 Å². The van der Waals surface area contributed by atoms with Gasteiger partial charge in [-0.15, -0.1) is 10.2 Å². The highest BCUT2D eigenvalue weighted by molar-refractivity contribution is 7.99. The zero-order chi connectivity index (χ0) is 25.4. The first-order chi connectivity index (χ1) is 16.8. The number of aromatic nitrogens is 3. The minimum Gasteiger partial charge on any atom is -0.345 e. The van der Waals surface area contributed by atoms with Gasteiger partial charge in [-0.2, -0.15) is 0 Å². The number of halogens is 1. The van der Waals surface area contributed by atoms with Crippen LogP contribution in [0.3, 0.4) is 0 Å². The molecule has 0 saturated carbocycles. The highest BCUT2D eigenvalue weighted by Gasteiger charge is 2.15. The number of anilines is 1. The second kappa shape index (κ2) is 12.1. The number of carbonyl (C=O) groups is 2. The first kappa shape index (κ1) is 25.9. The predicted molar refractivity (Wildman–Crippen MR) is 135 cm³/mol. The third kappa shape index (κ3) is 7.14. The molecule has 1 heterocycles. The van der Waals surface area contributed by atoms with Gasteiger partial charge in [0.15, 0.2) is 11.0 Å². The van der Waals surface area contributed by atoms with E-state index >= 15 is 0 Å². The summed E-state index contributed by atoms with van der Waals surface area (Å²) in [6.45, 7) is 4.36. The van der Waals surface area contributed by atoms with Crippen LogP contribution in [0.15, 0.2) is 53.7 Å². The summed E-state index contributed by atoms with van der Waals surface area (Å²) in [6, 6.07) is 11.5. The van der Waals surface area contributed by atoms with Gasteiger partial charge in [-0.3, -0.25) is 19.7 Å². The van der Waals surface area contributed by atoms with E-state index in [4.69, 9.17) is 11.6 Å². The number of hydrogen-bond acceptors (Lipinski definition) is 7. The van der Waals surface area contributed by atoms with E-state index in [-0.39, 0.29) is 29.8 Å². The number of nitro groups is 1. The van der Waals surface area contributed by atoms with E-state index < -0.39 is 4.92 Å². The maximum Gasteiger partial charge on any atom is 0.271 e. The normalized spacial score (nSPS) is 10.9. The lowest BCUT2D eigenvalue weighted by Gasteiger charge is -2.09. The van der Waals surface area contributed by atoms with Gasteiger partial charge >= 0.3 is 0 Å². The van der Waals surface area contributed by atoms with Gasteiger partial charge < -0.3 is 15.2 Å². The lowest BCUT2D eigenvalue weighted by molar-refractivity contribution is -0.384. The highest BCUT2D eigenvalue weighted by Crippen LogP contribution is 2.23. The zero-order valence-electron chi connectivity index (χ0n) is 19.0. The number of hydrogen-bond donors (Lipinski definition) is 2. The van der Waals surface area contributed by atoms with Crippen LogP contribution in [0.1, 0.15) is 23.9 Å². The molecule has 2 aromatic carbocycles. The van der Waals surface area contributed by atoms with Crippen LogP contribution in [0.4, 0.5) is 11.4 Å². The summed E-state index contributed by atoms with van der Waals surface area (Å²) in [5.41, 5.74) is 1.73. The van der Waals surface area contributed by atoms with E-state index in [1.165, 1.54) is 30.0 Å². The molecule has 0 aliphatic carbocycles. The molecule has 2 amide bonds. The standard InChI is InChI=1S/C23H23ClN6O4S/c1-3-29-20(13-25-21(31)11-9-16-6-4-5-7-18(16)24)27-28-23(29)35-14-22(32)26-19-12-17(30(33)34)10-8-15(19)2/h4-12H,3,13-14H2,1-2H3,(H,25,31)(H,26,32)/b11-9+. The SMILES string of the molecule is CCn1c(CNC(=O)/C=C/c2ccccc2Cl)nnc1SCC(=O)Nc1cc([N+](=O)[O-])ccc1C. The van der Waals surface area contributed by atoms with Crippen molar-refractivity contribution in [2.24, 2.45) is 0 Å². The van der Waals surface area contributed by atoms with Gasteiger partial charge in [-0.05, 0) is 37.1 Å². The quantitative estimate of drug-likeness (QED) is 0.179.